The molecule has 2 saturated heterocycles. The SMILES string of the molecule is CCc1cc(Cl)c(NC(=O)NC[C@H]2CCCO2)cc1C(=O)N1CCC(F)(c2ccc(F)cc2)CC1. The number of halogens is 3. The molecule has 35 heavy (non-hydrogen) atoms. The molecule has 1 atom stereocenters. The van der Waals surface area contributed by atoms with Gasteiger partial charge in [0.05, 0.1) is 16.8 Å². The molecule has 0 aliphatic carbocycles. The van der Waals surface area contributed by atoms with Gasteiger partial charge in [0.25, 0.3) is 5.91 Å². The second-order valence-corrected chi connectivity index (χ2v) is 9.48. The van der Waals surface area contributed by atoms with Crippen LogP contribution >= 0.6 is 11.6 Å². The maximum absolute atomic E-state index is 15.5. The molecule has 0 aromatic heterocycles. The lowest BCUT2D eigenvalue weighted by Crippen LogP contribution is -2.43. The molecule has 0 radical (unpaired) electrons. The molecule has 2 N–H and O–H groups in total. The van der Waals surface area contributed by atoms with E-state index in [4.69, 9.17) is 16.3 Å². The summed E-state index contributed by atoms with van der Waals surface area (Å²) in [6, 6.07) is 8.27. The van der Waals surface area contributed by atoms with E-state index in [0.717, 1.165) is 18.4 Å². The van der Waals surface area contributed by atoms with Crippen molar-refractivity contribution < 1.29 is 23.1 Å². The van der Waals surface area contributed by atoms with Crippen molar-refractivity contribution in [1.29, 1.82) is 0 Å². The van der Waals surface area contributed by atoms with Crippen LogP contribution in [-0.2, 0) is 16.8 Å². The van der Waals surface area contributed by atoms with E-state index in [9.17, 15) is 14.0 Å². The van der Waals surface area contributed by atoms with Crippen molar-refractivity contribution in [3.05, 3.63) is 63.9 Å². The van der Waals surface area contributed by atoms with Crippen LogP contribution in [0.25, 0.3) is 0 Å². The Morgan fingerprint density at radius 1 is 1.20 bits per heavy atom. The lowest BCUT2D eigenvalue weighted by molar-refractivity contribution is 0.0420. The Morgan fingerprint density at radius 3 is 2.54 bits per heavy atom. The van der Waals surface area contributed by atoms with E-state index >= 15 is 4.39 Å². The van der Waals surface area contributed by atoms with Crippen LogP contribution in [0.15, 0.2) is 36.4 Å². The number of nitrogens with one attached hydrogen (secondary N) is 2. The number of alkyl halides is 1. The highest BCUT2D eigenvalue weighted by Crippen LogP contribution is 2.38. The maximum Gasteiger partial charge on any atom is 0.319 e. The number of ether oxygens (including phenoxy) is 1. The van der Waals surface area contributed by atoms with Crippen LogP contribution in [0.2, 0.25) is 5.02 Å². The number of nitrogens with zero attached hydrogens (tertiary/aromatic N) is 1. The zero-order chi connectivity index (χ0) is 25.0. The van der Waals surface area contributed by atoms with Crippen LogP contribution in [0.5, 0.6) is 0 Å². The van der Waals surface area contributed by atoms with E-state index in [1.807, 2.05) is 6.92 Å². The Hall–Kier alpha value is -2.71. The van der Waals surface area contributed by atoms with Gasteiger partial charge in [-0.3, -0.25) is 4.79 Å². The number of carbonyl (C=O) groups is 2. The van der Waals surface area contributed by atoms with Gasteiger partial charge in [0.1, 0.15) is 11.5 Å². The summed E-state index contributed by atoms with van der Waals surface area (Å²) in [4.78, 5) is 27.4. The number of urea groups is 1. The van der Waals surface area contributed by atoms with Crippen molar-refractivity contribution in [2.45, 2.75) is 50.8 Å². The van der Waals surface area contributed by atoms with Crippen LogP contribution in [-0.4, -0.2) is 49.2 Å². The second-order valence-electron chi connectivity index (χ2n) is 9.08. The topological polar surface area (TPSA) is 70.7 Å². The highest BCUT2D eigenvalue weighted by molar-refractivity contribution is 6.34. The van der Waals surface area contributed by atoms with Gasteiger partial charge in [0.15, 0.2) is 0 Å². The van der Waals surface area contributed by atoms with Gasteiger partial charge in [0, 0.05) is 44.6 Å². The number of hydrogen-bond acceptors (Lipinski definition) is 3. The number of aryl methyl sites for hydroxylation is 1. The van der Waals surface area contributed by atoms with Crippen LogP contribution in [0.1, 0.15) is 54.1 Å². The number of amides is 3. The summed E-state index contributed by atoms with van der Waals surface area (Å²) < 4.78 is 34.3. The van der Waals surface area contributed by atoms with E-state index in [1.165, 1.54) is 24.3 Å². The summed E-state index contributed by atoms with van der Waals surface area (Å²) >= 11 is 6.39. The largest absolute Gasteiger partial charge is 0.376 e. The highest BCUT2D eigenvalue weighted by Gasteiger charge is 2.38. The van der Waals surface area contributed by atoms with Crippen molar-refractivity contribution in [3.63, 3.8) is 0 Å². The fraction of sp³-hybridized carbons (Fsp3) is 0.462. The molecule has 6 nitrogen and oxygen atoms in total. The maximum atomic E-state index is 15.5. The number of likely N-dealkylation sites (tertiary alicyclic amines) is 1. The molecule has 0 spiro atoms. The van der Waals surface area contributed by atoms with Gasteiger partial charge in [-0.1, -0.05) is 30.7 Å². The van der Waals surface area contributed by atoms with Crippen LogP contribution in [0.4, 0.5) is 19.3 Å². The molecule has 0 saturated carbocycles. The van der Waals surface area contributed by atoms with Gasteiger partial charge in [-0.15, -0.1) is 0 Å². The van der Waals surface area contributed by atoms with E-state index in [1.54, 1.807) is 17.0 Å². The van der Waals surface area contributed by atoms with Crippen molar-refractivity contribution in [1.82, 2.24) is 10.2 Å². The number of anilines is 1. The summed E-state index contributed by atoms with van der Waals surface area (Å²) in [5, 5.41) is 5.84. The van der Waals surface area contributed by atoms with Crippen molar-refractivity contribution in [2.24, 2.45) is 0 Å². The third-order valence-corrected chi connectivity index (χ3v) is 7.08. The monoisotopic (exact) mass is 505 g/mol. The normalized spacial score (nSPS) is 19.4. The predicted molar refractivity (Wildman–Crippen MR) is 131 cm³/mol. The minimum absolute atomic E-state index is 0.00691. The summed E-state index contributed by atoms with van der Waals surface area (Å²) in [6.07, 6.45) is 2.71. The van der Waals surface area contributed by atoms with Crippen LogP contribution in [0, 0.1) is 5.82 Å². The van der Waals surface area contributed by atoms with Gasteiger partial charge in [-0.2, -0.15) is 0 Å². The summed E-state index contributed by atoms with van der Waals surface area (Å²) in [5.41, 5.74) is 0.333. The average Bonchev–Trinajstić information content (AvgIpc) is 3.38. The molecule has 2 aliphatic heterocycles. The first-order valence-corrected chi connectivity index (χ1v) is 12.4. The fourth-order valence-electron chi connectivity index (χ4n) is 4.65. The Balaban J connectivity index is 1.44. The summed E-state index contributed by atoms with van der Waals surface area (Å²) in [7, 11) is 0. The van der Waals surface area contributed by atoms with Crippen LogP contribution < -0.4 is 10.6 Å². The molecule has 9 heteroatoms. The highest BCUT2D eigenvalue weighted by atomic mass is 35.5. The lowest BCUT2D eigenvalue weighted by Gasteiger charge is -2.37. The summed E-state index contributed by atoms with van der Waals surface area (Å²) in [6.45, 7) is 3.47. The minimum atomic E-state index is -1.61. The third-order valence-electron chi connectivity index (χ3n) is 6.77. The predicted octanol–water partition coefficient (Wildman–Crippen LogP) is 5.44. The average molecular weight is 506 g/mol. The molecular formula is C26H30ClF2N3O3. The molecule has 188 valence electrons. The number of carbonyl (C=O) groups excluding carboxylic acids is 2. The fourth-order valence-corrected chi connectivity index (χ4v) is 4.89. The molecule has 2 aromatic rings. The zero-order valence-corrected chi connectivity index (χ0v) is 20.5. The van der Waals surface area contributed by atoms with Gasteiger partial charge in [-0.05, 0) is 54.7 Å². The quantitative estimate of drug-likeness (QED) is 0.549. The first-order chi connectivity index (χ1) is 16.8. The number of hydrogen-bond donors (Lipinski definition) is 2. The Kier molecular flexibility index (Phi) is 7.91. The minimum Gasteiger partial charge on any atom is -0.376 e. The Morgan fingerprint density at radius 2 is 1.91 bits per heavy atom. The van der Waals surface area contributed by atoms with Gasteiger partial charge >= 0.3 is 6.03 Å². The molecule has 2 fully saturated rings. The van der Waals surface area contributed by atoms with E-state index in [0.29, 0.717) is 41.4 Å². The van der Waals surface area contributed by atoms with E-state index in [-0.39, 0.29) is 37.9 Å². The van der Waals surface area contributed by atoms with Gasteiger partial charge in [-0.25, -0.2) is 13.6 Å². The standard InChI is InChI=1S/C26H30ClF2N3O3/c1-2-17-14-22(27)23(31-25(34)30-16-20-4-3-13-35-20)15-21(17)24(33)32-11-9-26(29,10-12-32)18-5-7-19(28)8-6-18/h5-8,14-15,20H,2-4,9-13,16H2,1H3,(H2,30,31,34)/t20-/m1/s1. The Labute approximate surface area is 209 Å². The molecule has 4 rings (SSSR count). The first-order valence-electron chi connectivity index (χ1n) is 12.0. The van der Waals surface area contributed by atoms with Crippen LogP contribution in [0.3, 0.4) is 0 Å². The summed E-state index contributed by atoms with van der Waals surface area (Å²) in [5.74, 6) is -0.646. The second kappa shape index (κ2) is 10.9. The molecule has 0 bridgehead atoms. The first kappa shape index (κ1) is 25.4. The third kappa shape index (κ3) is 5.93. The van der Waals surface area contributed by atoms with Crippen molar-refractivity contribution in [2.75, 3.05) is 31.6 Å². The number of piperidine rings is 1. The van der Waals surface area contributed by atoms with Gasteiger partial charge < -0.3 is 20.3 Å². The van der Waals surface area contributed by atoms with Crippen molar-refractivity contribution in [3.8, 4) is 0 Å². The van der Waals surface area contributed by atoms with E-state index in [2.05, 4.69) is 10.6 Å². The Bertz CT molecular complexity index is 1070. The van der Waals surface area contributed by atoms with E-state index < -0.39 is 17.5 Å². The smallest absolute Gasteiger partial charge is 0.319 e. The number of benzene rings is 2. The zero-order valence-electron chi connectivity index (χ0n) is 19.7. The molecular weight excluding hydrogens is 476 g/mol. The molecule has 0 unspecified atom stereocenters. The molecule has 3 amide bonds. The van der Waals surface area contributed by atoms with Crippen molar-refractivity contribution >= 4 is 29.2 Å². The molecule has 2 aliphatic rings. The van der Waals surface area contributed by atoms with Gasteiger partial charge in [0.2, 0.25) is 0 Å². The molecule has 2 heterocycles. The molecule has 2 aromatic carbocycles. The number of rotatable bonds is 6. The lowest BCUT2D eigenvalue weighted by atomic mass is 9.86.